The zero-order chi connectivity index (χ0) is 17.2. The van der Waals surface area contributed by atoms with Gasteiger partial charge in [0.05, 0.1) is 0 Å². The Hall–Kier alpha value is -2.47. The Morgan fingerprint density at radius 3 is 2.33 bits per heavy atom. The summed E-state index contributed by atoms with van der Waals surface area (Å²) in [5.74, 6) is 0.680. The van der Waals surface area contributed by atoms with Gasteiger partial charge in [-0.25, -0.2) is 4.79 Å². The van der Waals surface area contributed by atoms with Crippen LogP contribution < -0.4 is 16.0 Å². The lowest BCUT2D eigenvalue weighted by Gasteiger charge is -2.08. The van der Waals surface area contributed by atoms with Crippen LogP contribution in [0.3, 0.4) is 0 Å². The third-order valence-corrected chi connectivity index (χ3v) is 4.16. The van der Waals surface area contributed by atoms with Crippen LogP contribution in [0, 0.1) is 0 Å². The molecule has 5 nitrogen and oxygen atoms in total. The van der Waals surface area contributed by atoms with Crippen LogP contribution in [-0.2, 0) is 0 Å². The molecule has 0 aromatic heterocycles. The monoisotopic (exact) mass is 343 g/mol. The van der Waals surface area contributed by atoms with Gasteiger partial charge in [-0.2, -0.15) is 0 Å². The molecule has 0 aliphatic carbocycles. The van der Waals surface area contributed by atoms with Crippen molar-refractivity contribution in [1.29, 1.82) is 0 Å². The molecule has 0 heterocycles. The maximum atomic E-state index is 11.8. The number of urea groups is 1. The van der Waals surface area contributed by atoms with Gasteiger partial charge in [0.1, 0.15) is 0 Å². The van der Waals surface area contributed by atoms with Gasteiger partial charge in [-0.1, -0.05) is 18.2 Å². The summed E-state index contributed by atoms with van der Waals surface area (Å²) in [5, 5.41) is 8.29. The van der Waals surface area contributed by atoms with E-state index in [1.165, 1.54) is 4.90 Å². The Bertz CT molecular complexity index is 660. The second-order valence-corrected chi connectivity index (χ2v) is 6.15. The van der Waals surface area contributed by atoms with E-state index in [0.717, 1.165) is 5.75 Å². The molecule has 126 valence electrons. The van der Waals surface area contributed by atoms with E-state index in [1.54, 1.807) is 36.0 Å². The number of carbonyl (C=O) groups is 2. The van der Waals surface area contributed by atoms with E-state index in [2.05, 4.69) is 16.0 Å². The molecule has 6 heteroatoms. The van der Waals surface area contributed by atoms with E-state index >= 15 is 0 Å². The van der Waals surface area contributed by atoms with Gasteiger partial charge in [-0.05, 0) is 43.3 Å². The van der Waals surface area contributed by atoms with Crippen LogP contribution in [0.25, 0.3) is 0 Å². The van der Waals surface area contributed by atoms with Gasteiger partial charge < -0.3 is 16.0 Å². The number of benzene rings is 2. The van der Waals surface area contributed by atoms with Crippen molar-refractivity contribution >= 4 is 29.4 Å². The predicted molar refractivity (Wildman–Crippen MR) is 98.6 cm³/mol. The van der Waals surface area contributed by atoms with E-state index in [1.807, 2.05) is 37.3 Å². The highest BCUT2D eigenvalue weighted by Gasteiger charge is 2.05. The second kappa shape index (κ2) is 9.62. The average Bonchev–Trinajstić information content (AvgIpc) is 2.60. The SMILES string of the molecule is CCNC(=O)c1ccc(NC(=O)NCCSc2ccccc2)cc1. The Labute approximate surface area is 146 Å². The van der Waals surface area contributed by atoms with Crippen LogP contribution in [0.4, 0.5) is 10.5 Å². The number of carbonyl (C=O) groups excluding carboxylic acids is 2. The minimum absolute atomic E-state index is 0.119. The van der Waals surface area contributed by atoms with E-state index in [0.29, 0.717) is 24.3 Å². The van der Waals surface area contributed by atoms with Gasteiger partial charge in [0.25, 0.3) is 5.91 Å². The fraction of sp³-hybridized carbons (Fsp3) is 0.222. The van der Waals surface area contributed by atoms with E-state index in [9.17, 15) is 9.59 Å². The molecule has 0 fully saturated rings. The van der Waals surface area contributed by atoms with Crippen LogP contribution in [0.1, 0.15) is 17.3 Å². The van der Waals surface area contributed by atoms with Gasteiger partial charge in [-0.15, -0.1) is 11.8 Å². The molecule has 0 aliphatic heterocycles. The first-order chi connectivity index (χ1) is 11.7. The molecule has 0 atom stereocenters. The van der Waals surface area contributed by atoms with Gasteiger partial charge in [0, 0.05) is 35.0 Å². The molecular weight excluding hydrogens is 322 g/mol. The molecule has 0 aliphatic rings. The lowest BCUT2D eigenvalue weighted by atomic mass is 10.2. The highest BCUT2D eigenvalue weighted by atomic mass is 32.2. The zero-order valence-corrected chi connectivity index (χ0v) is 14.4. The molecule has 0 bridgehead atoms. The van der Waals surface area contributed by atoms with Crippen molar-refractivity contribution in [2.75, 3.05) is 24.2 Å². The fourth-order valence-electron chi connectivity index (χ4n) is 1.99. The molecule has 0 saturated carbocycles. The molecule has 2 rings (SSSR count). The molecule has 0 saturated heterocycles. The third-order valence-electron chi connectivity index (χ3n) is 3.14. The van der Waals surface area contributed by atoms with Crippen molar-refractivity contribution in [3.05, 3.63) is 60.2 Å². The number of thioether (sulfide) groups is 1. The summed E-state index contributed by atoms with van der Waals surface area (Å²) < 4.78 is 0. The lowest BCUT2D eigenvalue weighted by Crippen LogP contribution is -2.30. The van der Waals surface area contributed by atoms with Crippen molar-refractivity contribution in [3.8, 4) is 0 Å². The molecule has 3 amide bonds. The Morgan fingerprint density at radius 2 is 1.67 bits per heavy atom. The van der Waals surface area contributed by atoms with E-state index in [4.69, 9.17) is 0 Å². The highest BCUT2D eigenvalue weighted by molar-refractivity contribution is 7.99. The van der Waals surface area contributed by atoms with Crippen molar-refractivity contribution < 1.29 is 9.59 Å². The Morgan fingerprint density at radius 1 is 0.958 bits per heavy atom. The van der Waals surface area contributed by atoms with Crippen molar-refractivity contribution in [3.63, 3.8) is 0 Å². The van der Waals surface area contributed by atoms with Crippen LogP contribution in [0.5, 0.6) is 0 Å². The smallest absolute Gasteiger partial charge is 0.319 e. The predicted octanol–water partition coefficient (Wildman–Crippen LogP) is 3.35. The summed E-state index contributed by atoms with van der Waals surface area (Å²) in [6.07, 6.45) is 0. The summed E-state index contributed by atoms with van der Waals surface area (Å²) in [5.41, 5.74) is 1.22. The summed E-state index contributed by atoms with van der Waals surface area (Å²) in [6.45, 7) is 3.03. The van der Waals surface area contributed by atoms with Gasteiger partial charge in [0.15, 0.2) is 0 Å². The third kappa shape index (κ3) is 5.96. The van der Waals surface area contributed by atoms with Crippen LogP contribution in [-0.4, -0.2) is 30.8 Å². The van der Waals surface area contributed by atoms with Crippen LogP contribution in [0.15, 0.2) is 59.5 Å². The summed E-state index contributed by atoms with van der Waals surface area (Å²) in [7, 11) is 0. The number of nitrogens with one attached hydrogen (secondary N) is 3. The Kier molecular flexibility index (Phi) is 7.17. The maximum absolute atomic E-state index is 11.8. The van der Waals surface area contributed by atoms with Crippen LogP contribution >= 0.6 is 11.8 Å². The summed E-state index contributed by atoms with van der Waals surface area (Å²) >= 11 is 1.69. The first kappa shape index (κ1) is 17.9. The van der Waals surface area contributed by atoms with Gasteiger partial charge in [-0.3, -0.25) is 4.79 Å². The topological polar surface area (TPSA) is 70.2 Å². The first-order valence-electron chi connectivity index (χ1n) is 7.80. The van der Waals surface area contributed by atoms with Gasteiger partial charge >= 0.3 is 6.03 Å². The highest BCUT2D eigenvalue weighted by Crippen LogP contribution is 2.15. The maximum Gasteiger partial charge on any atom is 0.319 e. The molecule has 2 aromatic rings. The summed E-state index contributed by atoms with van der Waals surface area (Å²) in [6, 6.07) is 16.6. The first-order valence-corrected chi connectivity index (χ1v) is 8.78. The largest absolute Gasteiger partial charge is 0.352 e. The van der Waals surface area contributed by atoms with Crippen molar-refractivity contribution in [1.82, 2.24) is 10.6 Å². The minimum atomic E-state index is -0.255. The Balaban J connectivity index is 1.71. The standard InChI is InChI=1S/C18H21N3O2S/c1-2-19-17(22)14-8-10-15(11-9-14)21-18(23)20-12-13-24-16-6-4-3-5-7-16/h3-11H,2,12-13H2,1H3,(H,19,22)(H2,20,21,23). The van der Waals surface area contributed by atoms with E-state index < -0.39 is 0 Å². The molecule has 0 spiro atoms. The number of anilines is 1. The van der Waals surface area contributed by atoms with E-state index in [-0.39, 0.29) is 11.9 Å². The van der Waals surface area contributed by atoms with Gasteiger partial charge in [0.2, 0.25) is 0 Å². The van der Waals surface area contributed by atoms with Crippen molar-refractivity contribution in [2.24, 2.45) is 0 Å². The lowest BCUT2D eigenvalue weighted by molar-refractivity contribution is 0.0956. The second-order valence-electron chi connectivity index (χ2n) is 4.98. The average molecular weight is 343 g/mol. The number of hydrogen-bond donors (Lipinski definition) is 3. The quantitative estimate of drug-likeness (QED) is 0.533. The molecular formula is C18H21N3O2S. The molecule has 0 radical (unpaired) electrons. The number of rotatable bonds is 7. The zero-order valence-electron chi connectivity index (χ0n) is 13.5. The number of amides is 3. The summed E-state index contributed by atoms with van der Waals surface area (Å²) in [4.78, 5) is 24.7. The normalized spacial score (nSPS) is 10.0. The van der Waals surface area contributed by atoms with Crippen molar-refractivity contribution in [2.45, 2.75) is 11.8 Å². The van der Waals surface area contributed by atoms with Crippen LogP contribution in [0.2, 0.25) is 0 Å². The number of hydrogen-bond acceptors (Lipinski definition) is 3. The molecule has 3 N–H and O–H groups in total. The molecule has 24 heavy (non-hydrogen) atoms. The minimum Gasteiger partial charge on any atom is -0.352 e. The molecule has 2 aromatic carbocycles. The fourth-order valence-corrected chi connectivity index (χ4v) is 2.78. The molecule has 0 unspecified atom stereocenters.